The maximum absolute atomic E-state index is 6.07. The molecule has 1 heterocycles. The Balaban J connectivity index is 1.73. The van der Waals surface area contributed by atoms with Crippen molar-refractivity contribution in [3.05, 3.63) is 28.2 Å². The summed E-state index contributed by atoms with van der Waals surface area (Å²) in [6, 6.07) is 5.83. The van der Waals surface area contributed by atoms with Gasteiger partial charge in [0.15, 0.2) is 0 Å². The van der Waals surface area contributed by atoms with Crippen molar-refractivity contribution in [3.63, 3.8) is 0 Å². The van der Waals surface area contributed by atoms with E-state index < -0.39 is 0 Å². The fraction of sp³-hybridized carbons (Fsp3) is 0.600. The molecule has 1 aromatic carbocycles. The molecule has 0 bridgehead atoms. The third-order valence-electron chi connectivity index (χ3n) is 4.41. The van der Waals surface area contributed by atoms with Gasteiger partial charge in [-0.15, -0.1) is 0 Å². The van der Waals surface area contributed by atoms with Crippen LogP contribution in [0.4, 0.5) is 5.69 Å². The van der Waals surface area contributed by atoms with Gasteiger partial charge in [-0.25, -0.2) is 0 Å². The van der Waals surface area contributed by atoms with E-state index in [9.17, 15) is 0 Å². The molecule has 1 nitrogen and oxygen atoms in total. The molecule has 18 heavy (non-hydrogen) atoms. The number of halogens is 2. The Kier molecular flexibility index (Phi) is 2.84. The Hall–Kier alpha value is -0.400. The van der Waals surface area contributed by atoms with Gasteiger partial charge < -0.3 is 4.90 Å². The van der Waals surface area contributed by atoms with Gasteiger partial charge in [-0.2, -0.15) is 0 Å². The normalized spacial score (nSPS) is 30.5. The van der Waals surface area contributed by atoms with E-state index in [0.29, 0.717) is 5.41 Å². The van der Waals surface area contributed by atoms with Crippen LogP contribution in [0.25, 0.3) is 0 Å². The van der Waals surface area contributed by atoms with Crippen LogP contribution in [-0.4, -0.2) is 13.1 Å². The predicted molar refractivity (Wildman–Crippen MR) is 78.6 cm³/mol. The molecular formula is C15H19Cl2N. The smallest absolute Gasteiger partial charge is 0.0441 e. The Morgan fingerprint density at radius 2 is 1.50 bits per heavy atom. The molecule has 2 unspecified atom stereocenters. The van der Waals surface area contributed by atoms with Gasteiger partial charge in [0, 0.05) is 28.8 Å². The first-order chi connectivity index (χ1) is 8.36. The third kappa shape index (κ3) is 2.12. The van der Waals surface area contributed by atoms with Crippen LogP contribution in [0.3, 0.4) is 0 Å². The van der Waals surface area contributed by atoms with E-state index >= 15 is 0 Å². The monoisotopic (exact) mass is 283 g/mol. The van der Waals surface area contributed by atoms with Crippen molar-refractivity contribution < 1.29 is 0 Å². The molecule has 0 spiro atoms. The highest BCUT2D eigenvalue weighted by Gasteiger charge is 2.59. The van der Waals surface area contributed by atoms with Crippen molar-refractivity contribution >= 4 is 28.9 Å². The van der Waals surface area contributed by atoms with Crippen molar-refractivity contribution in [1.82, 2.24) is 0 Å². The molecule has 2 aliphatic rings. The summed E-state index contributed by atoms with van der Waals surface area (Å²) in [5.41, 5.74) is 1.63. The second kappa shape index (κ2) is 4.05. The summed E-state index contributed by atoms with van der Waals surface area (Å²) in [6.45, 7) is 9.39. The second-order valence-corrected chi connectivity index (χ2v) is 7.63. The SMILES string of the molecule is CC(C)(C)C1C2CN(c3cc(Cl)cc(Cl)c3)CC21. The molecule has 98 valence electrons. The molecule has 1 aliphatic carbocycles. The largest absolute Gasteiger partial charge is 0.371 e. The molecular weight excluding hydrogens is 265 g/mol. The molecule has 0 N–H and O–H groups in total. The van der Waals surface area contributed by atoms with E-state index in [4.69, 9.17) is 23.2 Å². The molecule has 0 aromatic heterocycles. The lowest BCUT2D eigenvalue weighted by Crippen LogP contribution is -2.27. The molecule has 1 saturated carbocycles. The minimum absolute atomic E-state index is 0.452. The van der Waals surface area contributed by atoms with E-state index in [1.54, 1.807) is 6.07 Å². The minimum Gasteiger partial charge on any atom is -0.371 e. The number of benzene rings is 1. The maximum atomic E-state index is 6.07. The molecule has 0 radical (unpaired) electrons. The second-order valence-electron chi connectivity index (χ2n) is 6.75. The van der Waals surface area contributed by atoms with Crippen molar-refractivity contribution in [2.24, 2.45) is 23.2 Å². The van der Waals surface area contributed by atoms with E-state index in [-0.39, 0.29) is 0 Å². The van der Waals surface area contributed by atoms with E-state index in [1.807, 2.05) is 12.1 Å². The third-order valence-corrected chi connectivity index (χ3v) is 4.84. The number of rotatable bonds is 1. The standard InChI is InChI=1S/C15H19Cl2N/c1-15(2,3)14-12-7-18(8-13(12)14)11-5-9(16)4-10(17)6-11/h4-6,12-14H,7-8H2,1-3H3. The topological polar surface area (TPSA) is 3.24 Å². The maximum Gasteiger partial charge on any atom is 0.0441 e. The van der Waals surface area contributed by atoms with Gasteiger partial charge in [0.25, 0.3) is 0 Å². The molecule has 1 aromatic rings. The van der Waals surface area contributed by atoms with Crippen molar-refractivity contribution in [3.8, 4) is 0 Å². The van der Waals surface area contributed by atoms with E-state index in [0.717, 1.165) is 40.9 Å². The molecule has 3 heteroatoms. The summed E-state index contributed by atoms with van der Waals surface area (Å²) in [7, 11) is 0. The quantitative estimate of drug-likeness (QED) is 0.721. The molecule has 0 amide bonds. The molecule has 3 rings (SSSR count). The molecule has 2 atom stereocenters. The van der Waals surface area contributed by atoms with Crippen LogP contribution in [0, 0.1) is 23.2 Å². The number of anilines is 1. The van der Waals surface area contributed by atoms with Crippen molar-refractivity contribution in [2.75, 3.05) is 18.0 Å². The number of fused-ring (bicyclic) bond motifs is 1. The van der Waals surface area contributed by atoms with Crippen LogP contribution in [0.15, 0.2) is 18.2 Å². The predicted octanol–water partition coefficient (Wildman–Crippen LogP) is 4.72. The number of hydrogen-bond acceptors (Lipinski definition) is 1. The fourth-order valence-corrected chi connectivity index (χ4v) is 4.26. The summed E-state index contributed by atoms with van der Waals surface area (Å²) >= 11 is 12.1. The lowest BCUT2D eigenvalue weighted by molar-refractivity contribution is 0.309. The molecule has 1 aliphatic heterocycles. The summed E-state index contributed by atoms with van der Waals surface area (Å²) in [6.07, 6.45) is 0. The first-order valence-electron chi connectivity index (χ1n) is 6.57. The number of nitrogens with zero attached hydrogens (tertiary/aromatic N) is 1. The highest BCUT2D eigenvalue weighted by Crippen LogP contribution is 2.60. The zero-order valence-corrected chi connectivity index (χ0v) is 12.6. The molecule has 1 saturated heterocycles. The highest BCUT2D eigenvalue weighted by molar-refractivity contribution is 6.35. The van der Waals surface area contributed by atoms with Crippen molar-refractivity contribution in [2.45, 2.75) is 20.8 Å². The van der Waals surface area contributed by atoms with Crippen molar-refractivity contribution in [1.29, 1.82) is 0 Å². The average Bonchev–Trinajstić information content (AvgIpc) is 2.75. The Labute approximate surface area is 119 Å². The van der Waals surface area contributed by atoms with E-state index in [2.05, 4.69) is 25.7 Å². The van der Waals surface area contributed by atoms with Crippen LogP contribution >= 0.6 is 23.2 Å². The summed E-state index contributed by atoms with van der Waals surface area (Å²) in [4.78, 5) is 2.43. The van der Waals surface area contributed by atoms with Crippen LogP contribution in [0.1, 0.15) is 20.8 Å². The first kappa shape index (κ1) is 12.6. The lowest BCUT2D eigenvalue weighted by atomic mass is 9.87. The van der Waals surface area contributed by atoms with Gasteiger partial charge >= 0.3 is 0 Å². The number of hydrogen-bond donors (Lipinski definition) is 0. The zero-order valence-electron chi connectivity index (χ0n) is 11.1. The van der Waals surface area contributed by atoms with Gasteiger partial charge in [0.1, 0.15) is 0 Å². The van der Waals surface area contributed by atoms with Crippen LogP contribution < -0.4 is 4.90 Å². The van der Waals surface area contributed by atoms with Gasteiger partial charge in [0.2, 0.25) is 0 Å². The lowest BCUT2D eigenvalue weighted by Gasteiger charge is -2.27. The summed E-state index contributed by atoms with van der Waals surface area (Å²) in [5.74, 6) is 2.62. The van der Waals surface area contributed by atoms with Crippen LogP contribution in [0.2, 0.25) is 10.0 Å². The van der Waals surface area contributed by atoms with Crippen LogP contribution in [0.5, 0.6) is 0 Å². The van der Waals surface area contributed by atoms with Crippen LogP contribution in [-0.2, 0) is 0 Å². The van der Waals surface area contributed by atoms with Gasteiger partial charge in [-0.3, -0.25) is 0 Å². The first-order valence-corrected chi connectivity index (χ1v) is 7.33. The summed E-state index contributed by atoms with van der Waals surface area (Å²) in [5, 5.41) is 1.45. The molecule has 2 fully saturated rings. The summed E-state index contributed by atoms with van der Waals surface area (Å²) < 4.78 is 0. The Morgan fingerprint density at radius 3 is 1.94 bits per heavy atom. The van der Waals surface area contributed by atoms with Gasteiger partial charge in [-0.1, -0.05) is 44.0 Å². The highest BCUT2D eigenvalue weighted by atomic mass is 35.5. The fourth-order valence-electron chi connectivity index (χ4n) is 3.74. The minimum atomic E-state index is 0.452. The zero-order chi connectivity index (χ0) is 13.1. The number of piperidine rings is 1. The van der Waals surface area contributed by atoms with Gasteiger partial charge in [-0.05, 0) is 41.4 Å². The Bertz CT molecular complexity index is 446. The van der Waals surface area contributed by atoms with E-state index in [1.165, 1.54) is 5.69 Å². The van der Waals surface area contributed by atoms with Gasteiger partial charge in [0.05, 0.1) is 0 Å². The Morgan fingerprint density at radius 1 is 1.00 bits per heavy atom. The average molecular weight is 284 g/mol.